The van der Waals surface area contributed by atoms with Crippen molar-refractivity contribution in [1.29, 1.82) is 0 Å². The molecule has 0 unspecified atom stereocenters. The van der Waals surface area contributed by atoms with E-state index < -0.39 is 0 Å². The third kappa shape index (κ3) is 2.56. The maximum Gasteiger partial charge on any atom is 0.0312 e. The maximum absolute atomic E-state index is 4.23. The number of benzene rings is 1. The van der Waals surface area contributed by atoms with Crippen LogP contribution in [0.2, 0.25) is 0 Å². The van der Waals surface area contributed by atoms with Crippen LogP contribution in [-0.2, 0) is 6.54 Å². The molecule has 1 heterocycles. The molecule has 0 bridgehead atoms. The molecule has 2 heteroatoms. The number of nitrogens with one attached hydrogen (secondary N) is 1. The Bertz CT molecular complexity index is 596. The number of pyridine rings is 1. The fourth-order valence-corrected chi connectivity index (χ4v) is 4.61. The minimum Gasteiger partial charge on any atom is -0.309 e. The summed E-state index contributed by atoms with van der Waals surface area (Å²) >= 11 is 0. The van der Waals surface area contributed by atoms with Crippen LogP contribution in [0, 0.1) is 11.8 Å². The minimum absolute atomic E-state index is 0.632. The van der Waals surface area contributed by atoms with E-state index in [1.807, 2.05) is 18.5 Å². The number of hydrogen-bond acceptors (Lipinski definition) is 2. The van der Waals surface area contributed by atoms with Crippen LogP contribution in [-0.4, -0.2) is 11.0 Å². The highest BCUT2D eigenvalue weighted by Gasteiger charge is 2.50. The third-order valence-electron chi connectivity index (χ3n) is 5.63. The van der Waals surface area contributed by atoms with Crippen molar-refractivity contribution in [3.8, 4) is 0 Å². The summed E-state index contributed by atoms with van der Waals surface area (Å²) in [6.45, 7) is 0.936. The Morgan fingerprint density at radius 2 is 1.77 bits per heavy atom. The van der Waals surface area contributed by atoms with Gasteiger partial charge in [-0.3, -0.25) is 4.98 Å². The first-order valence-corrected chi connectivity index (χ1v) is 8.61. The smallest absolute Gasteiger partial charge is 0.0312 e. The number of fused-ring (bicyclic) bond motifs is 1. The van der Waals surface area contributed by atoms with Crippen LogP contribution in [0.3, 0.4) is 0 Å². The average Bonchev–Trinajstić information content (AvgIpc) is 2.58. The molecule has 1 N–H and O–H groups in total. The molecule has 0 saturated heterocycles. The number of aromatic nitrogens is 1. The SMILES string of the molecule is c1ccc([C@H]2[C@@H]3CCCC[C@@H]3[C@@H]2NCc2cccnc2)cc1. The molecule has 2 nitrogen and oxygen atoms in total. The summed E-state index contributed by atoms with van der Waals surface area (Å²) in [5.41, 5.74) is 2.81. The molecule has 1 aromatic carbocycles. The standard InChI is InChI=1S/C20H24N2/c1-2-8-16(9-3-1)19-17-10-4-5-11-18(17)20(19)22-14-15-7-6-12-21-13-15/h1-3,6-9,12-13,17-20,22H,4-5,10-11,14H2/t17-,18+,19+,20+/m1/s1. The van der Waals surface area contributed by atoms with E-state index in [1.54, 1.807) is 0 Å². The molecule has 2 aromatic rings. The van der Waals surface area contributed by atoms with Gasteiger partial charge in [0.2, 0.25) is 0 Å². The second-order valence-electron chi connectivity index (χ2n) is 6.82. The van der Waals surface area contributed by atoms with Crippen LogP contribution in [0.15, 0.2) is 54.9 Å². The van der Waals surface area contributed by atoms with Crippen LogP contribution in [0.25, 0.3) is 0 Å². The fraction of sp³-hybridized carbons (Fsp3) is 0.450. The molecule has 0 aliphatic heterocycles. The van der Waals surface area contributed by atoms with Crippen LogP contribution in [0.1, 0.15) is 42.7 Å². The first-order valence-electron chi connectivity index (χ1n) is 8.61. The average molecular weight is 292 g/mol. The lowest BCUT2D eigenvalue weighted by Crippen LogP contribution is -2.57. The predicted molar refractivity (Wildman–Crippen MR) is 89.5 cm³/mol. The second-order valence-corrected chi connectivity index (χ2v) is 6.82. The molecule has 4 rings (SSSR count). The van der Waals surface area contributed by atoms with Crippen LogP contribution < -0.4 is 5.32 Å². The third-order valence-corrected chi connectivity index (χ3v) is 5.63. The maximum atomic E-state index is 4.23. The van der Waals surface area contributed by atoms with Gasteiger partial charge in [0.05, 0.1) is 0 Å². The van der Waals surface area contributed by atoms with Gasteiger partial charge in [0.25, 0.3) is 0 Å². The Balaban J connectivity index is 1.50. The Kier molecular flexibility index (Phi) is 3.94. The summed E-state index contributed by atoms with van der Waals surface area (Å²) in [5.74, 6) is 2.46. The summed E-state index contributed by atoms with van der Waals surface area (Å²) in [6, 6.07) is 15.9. The van der Waals surface area contributed by atoms with E-state index in [0.29, 0.717) is 12.0 Å². The van der Waals surface area contributed by atoms with Gasteiger partial charge in [-0.15, -0.1) is 0 Å². The molecule has 4 atom stereocenters. The number of nitrogens with zero attached hydrogens (tertiary/aromatic N) is 1. The molecule has 114 valence electrons. The predicted octanol–water partition coefficient (Wildman–Crippen LogP) is 4.14. The van der Waals surface area contributed by atoms with Crippen molar-refractivity contribution in [3.63, 3.8) is 0 Å². The minimum atomic E-state index is 0.632. The highest BCUT2D eigenvalue weighted by molar-refractivity contribution is 5.28. The van der Waals surface area contributed by atoms with Crippen molar-refractivity contribution in [2.24, 2.45) is 11.8 Å². The molecule has 0 amide bonds. The molecule has 22 heavy (non-hydrogen) atoms. The van der Waals surface area contributed by atoms with E-state index in [9.17, 15) is 0 Å². The first kappa shape index (κ1) is 14.0. The van der Waals surface area contributed by atoms with Gasteiger partial charge in [-0.25, -0.2) is 0 Å². The van der Waals surface area contributed by atoms with Crippen molar-refractivity contribution in [1.82, 2.24) is 10.3 Å². The molecule has 0 spiro atoms. The van der Waals surface area contributed by atoms with Gasteiger partial charge in [0, 0.05) is 30.9 Å². The van der Waals surface area contributed by atoms with Crippen molar-refractivity contribution < 1.29 is 0 Å². The Hall–Kier alpha value is -1.67. The van der Waals surface area contributed by atoms with E-state index in [2.05, 4.69) is 46.7 Å². The van der Waals surface area contributed by atoms with Gasteiger partial charge in [0.15, 0.2) is 0 Å². The van der Waals surface area contributed by atoms with E-state index >= 15 is 0 Å². The highest BCUT2D eigenvalue weighted by atomic mass is 15.0. The zero-order valence-corrected chi connectivity index (χ0v) is 13.0. The summed E-state index contributed by atoms with van der Waals surface area (Å²) in [4.78, 5) is 4.23. The van der Waals surface area contributed by atoms with Crippen molar-refractivity contribution in [2.75, 3.05) is 0 Å². The van der Waals surface area contributed by atoms with Gasteiger partial charge < -0.3 is 5.32 Å². The zero-order chi connectivity index (χ0) is 14.8. The van der Waals surface area contributed by atoms with Crippen LogP contribution in [0.5, 0.6) is 0 Å². The van der Waals surface area contributed by atoms with Crippen LogP contribution >= 0.6 is 0 Å². The fourth-order valence-electron chi connectivity index (χ4n) is 4.61. The molecule has 2 saturated carbocycles. The van der Waals surface area contributed by atoms with Crippen LogP contribution in [0.4, 0.5) is 0 Å². The second kappa shape index (κ2) is 6.21. The normalized spacial score (nSPS) is 30.4. The van der Waals surface area contributed by atoms with Gasteiger partial charge in [-0.05, 0) is 41.9 Å². The van der Waals surface area contributed by atoms with Gasteiger partial charge in [-0.1, -0.05) is 49.2 Å². The van der Waals surface area contributed by atoms with E-state index in [-0.39, 0.29) is 0 Å². The summed E-state index contributed by atoms with van der Waals surface area (Å²) < 4.78 is 0. The van der Waals surface area contributed by atoms with Gasteiger partial charge in [-0.2, -0.15) is 0 Å². The Morgan fingerprint density at radius 1 is 0.955 bits per heavy atom. The van der Waals surface area contributed by atoms with Crippen molar-refractivity contribution in [3.05, 3.63) is 66.0 Å². The summed E-state index contributed by atoms with van der Waals surface area (Å²) in [5, 5.41) is 3.84. The molecule has 2 fully saturated rings. The number of hydrogen-bond donors (Lipinski definition) is 1. The highest BCUT2D eigenvalue weighted by Crippen LogP contribution is 2.54. The topological polar surface area (TPSA) is 24.9 Å². The zero-order valence-electron chi connectivity index (χ0n) is 13.0. The van der Waals surface area contributed by atoms with E-state index in [0.717, 1.165) is 18.4 Å². The monoisotopic (exact) mass is 292 g/mol. The van der Waals surface area contributed by atoms with Crippen molar-refractivity contribution >= 4 is 0 Å². The van der Waals surface area contributed by atoms with E-state index in [4.69, 9.17) is 0 Å². The van der Waals surface area contributed by atoms with E-state index in [1.165, 1.54) is 36.8 Å². The van der Waals surface area contributed by atoms with Gasteiger partial charge in [0.1, 0.15) is 0 Å². The lowest BCUT2D eigenvalue weighted by molar-refractivity contribution is 0.0254. The summed E-state index contributed by atoms with van der Waals surface area (Å²) in [6.07, 6.45) is 9.46. The quantitative estimate of drug-likeness (QED) is 0.916. The molecule has 1 aromatic heterocycles. The van der Waals surface area contributed by atoms with Gasteiger partial charge >= 0.3 is 0 Å². The lowest BCUT2D eigenvalue weighted by atomic mass is 9.53. The first-order chi connectivity index (χ1) is 10.9. The lowest BCUT2D eigenvalue weighted by Gasteiger charge is -2.55. The Labute approximate surface area is 133 Å². The molecule has 0 radical (unpaired) electrons. The summed E-state index contributed by atoms with van der Waals surface area (Å²) in [7, 11) is 0. The molecule has 2 aliphatic rings. The molecular formula is C20H24N2. The largest absolute Gasteiger partial charge is 0.309 e. The molecular weight excluding hydrogens is 268 g/mol. The Morgan fingerprint density at radius 3 is 2.55 bits per heavy atom. The molecule has 2 aliphatic carbocycles. The van der Waals surface area contributed by atoms with Crippen molar-refractivity contribution in [2.45, 2.75) is 44.2 Å². The number of rotatable bonds is 4.